The molecular formula is C13H15BrFN3O2. The van der Waals surface area contributed by atoms with E-state index in [4.69, 9.17) is 10.9 Å². The van der Waals surface area contributed by atoms with Crippen LogP contribution in [-0.2, 0) is 0 Å². The molecule has 3 N–H and O–H groups in total. The van der Waals surface area contributed by atoms with Gasteiger partial charge < -0.3 is 15.8 Å². The van der Waals surface area contributed by atoms with Crippen molar-refractivity contribution >= 4 is 27.7 Å². The summed E-state index contributed by atoms with van der Waals surface area (Å²) in [5.74, 6) is -0.799. The van der Waals surface area contributed by atoms with Crippen LogP contribution in [-0.4, -0.2) is 34.4 Å². The van der Waals surface area contributed by atoms with Gasteiger partial charge in [-0.15, -0.1) is 0 Å². The van der Waals surface area contributed by atoms with Crippen molar-refractivity contribution in [3.63, 3.8) is 0 Å². The van der Waals surface area contributed by atoms with Gasteiger partial charge in [0.15, 0.2) is 5.84 Å². The predicted octanol–water partition coefficient (Wildman–Crippen LogP) is 2.33. The highest BCUT2D eigenvalue weighted by Crippen LogP contribution is 2.24. The van der Waals surface area contributed by atoms with E-state index < -0.39 is 11.9 Å². The summed E-state index contributed by atoms with van der Waals surface area (Å²) in [4.78, 5) is 14.1. The smallest absolute Gasteiger partial charge is 0.255 e. The van der Waals surface area contributed by atoms with E-state index in [1.807, 2.05) is 0 Å². The summed E-state index contributed by atoms with van der Waals surface area (Å²) < 4.78 is 13.8. The lowest BCUT2D eigenvalue weighted by molar-refractivity contribution is 0.0675. The molecule has 1 aliphatic rings. The molecule has 1 saturated heterocycles. The molecule has 1 aliphatic heterocycles. The van der Waals surface area contributed by atoms with Gasteiger partial charge in [0.2, 0.25) is 0 Å². The second-order valence-corrected chi connectivity index (χ2v) is 5.51. The van der Waals surface area contributed by atoms with E-state index in [2.05, 4.69) is 21.1 Å². The average molecular weight is 344 g/mol. The minimum Gasteiger partial charge on any atom is -0.409 e. The summed E-state index contributed by atoms with van der Waals surface area (Å²) in [7, 11) is 0. The van der Waals surface area contributed by atoms with Gasteiger partial charge in [0.25, 0.3) is 5.91 Å². The summed E-state index contributed by atoms with van der Waals surface area (Å²) in [6.45, 7) is 0.503. The zero-order chi connectivity index (χ0) is 14.7. The number of piperidine rings is 1. The summed E-state index contributed by atoms with van der Waals surface area (Å²) in [5, 5.41) is 11.8. The number of halogens is 2. The van der Waals surface area contributed by atoms with Crippen LogP contribution in [0.3, 0.4) is 0 Å². The molecule has 1 unspecified atom stereocenters. The molecule has 0 radical (unpaired) electrons. The molecule has 1 fully saturated rings. The highest BCUT2D eigenvalue weighted by molar-refractivity contribution is 9.10. The first-order valence-electron chi connectivity index (χ1n) is 6.28. The van der Waals surface area contributed by atoms with Crippen LogP contribution in [0, 0.1) is 5.82 Å². The second-order valence-electron chi connectivity index (χ2n) is 4.66. The van der Waals surface area contributed by atoms with E-state index in [9.17, 15) is 9.18 Å². The molecule has 1 heterocycles. The third-order valence-electron chi connectivity index (χ3n) is 3.38. The minimum atomic E-state index is -0.478. The Morgan fingerprint density at radius 3 is 2.95 bits per heavy atom. The molecule has 0 aliphatic carbocycles. The molecule has 1 amide bonds. The molecule has 0 saturated carbocycles. The van der Waals surface area contributed by atoms with Crippen molar-refractivity contribution in [2.24, 2.45) is 10.9 Å². The lowest BCUT2D eigenvalue weighted by Crippen LogP contribution is -2.50. The molecule has 5 nitrogen and oxygen atoms in total. The van der Waals surface area contributed by atoms with Crippen molar-refractivity contribution in [3.8, 4) is 0 Å². The van der Waals surface area contributed by atoms with Crippen molar-refractivity contribution in [1.29, 1.82) is 0 Å². The zero-order valence-corrected chi connectivity index (χ0v) is 12.3. The molecule has 1 aromatic carbocycles. The van der Waals surface area contributed by atoms with Crippen LogP contribution in [0.2, 0.25) is 0 Å². The van der Waals surface area contributed by atoms with Gasteiger partial charge in [0, 0.05) is 11.0 Å². The Morgan fingerprint density at radius 2 is 2.25 bits per heavy atom. The molecule has 1 atom stereocenters. The average Bonchev–Trinajstić information content (AvgIpc) is 2.48. The Bertz CT molecular complexity index is 550. The molecular weight excluding hydrogens is 329 g/mol. The Morgan fingerprint density at radius 1 is 1.50 bits per heavy atom. The molecule has 0 spiro atoms. The van der Waals surface area contributed by atoms with Gasteiger partial charge in [-0.1, -0.05) is 5.16 Å². The number of nitrogens with two attached hydrogens (primary N) is 1. The van der Waals surface area contributed by atoms with E-state index >= 15 is 0 Å². The van der Waals surface area contributed by atoms with E-state index in [1.165, 1.54) is 23.1 Å². The number of carbonyl (C=O) groups excluding carboxylic acids is 1. The van der Waals surface area contributed by atoms with Gasteiger partial charge in [-0.05, 0) is 53.4 Å². The van der Waals surface area contributed by atoms with Gasteiger partial charge in [-0.3, -0.25) is 4.79 Å². The van der Waals surface area contributed by atoms with E-state index in [0.717, 1.165) is 12.8 Å². The number of amides is 1. The fourth-order valence-electron chi connectivity index (χ4n) is 2.36. The van der Waals surface area contributed by atoms with Gasteiger partial charge in [0.05, 0.1) is 11.6 Å². The van der Waals surface area contributed by atoms with Crippen molar-refractivity contribution in [2.45, 2.75) is 25.3 Å². The second kappa shape index (κ2) is 6.21. The van der Waals surface area contributed by atoms with Crippen molar-refractivity contribution < 1.29 is 14.4 Å². The molecule has 7 heteroatoms. The number of hydrogen-bond acceptors (Lipinski definition) is 3. The van der Waals surface area contributed by atoms with Crippen LogP contribution in [0.5, 0.6) is 0 Å². The maximum atomic E-state index is 13.3. The van der Waals surface area contributed by atoms with Crippen molar-refractivity contribution in [1.82, 2.24) is 4.90 Å². The largest absolute Gasteiger partial charge is 0.409 e. The summed E-state index contributed by atoms with van der Waals surface area (Å²) in [6.07, 6.45) is 2.37. The summed E-state index contributed by atoms with van der Waals surface area (Å²) in [5.41, 5.74) is 5.88. The number of amidine groups is 1. The van der Waals surface area contributed by atoms with E-state index in [1.54, 1.807) is 0 Å². The number of carbonyl (C=O) groups is 1. The first-order valence-corrected chi connectivity index (χ1v) is 7.07. The highest BCUT2D eigenvalue weighted by atomic mass is 79.9. The number of benzene rings is 1. The third-order valence-corrected chi connectivity index (χ3v) is 4.07. The highest BCUT2D eigenvalue weighted by Gasteiger charge is 2.31. The lowest BCUT2D eigenvalue weighted by atomic mass is 10.00. The van der Waals surface area contributed by atoms with Crippen LogP contribution < -0.4 is 5.73 Å². The maximum Gasteiger partial charge on any atom is 0.255 e. The normalized spacial score (nSPS) is 20.0. The molecule has 108 valence electrons. The molecule has 20 heavy (non-hydrogen) atoms. The van der Waals surface area contributed by atoms with Crippen LogP contribution in [0.15, 0.2) is 27.8 Å². The van der Waals surface area contributed by atoms with Crippen LogP contribution in [0.1, 0.15) is 29.6 Å². The van der Waals surface area contributed by atoms with Gasteiger partial charge in [-0.2, -0.15) is 0 Å². The number of rotatable bonds is 2. The molecule has 0 aromatic heterocycles. The quantitative estimate of drug-likeness (QED) is 0.374. The monoisotopic (exact) mass is 343 g/mol. The van der Waals surface area contributed by atoms with Gasteiger partial charge in [0.1, 0.15) is 5.82 Å². The molecule has 1 aromatic rings. The zero-order valence-electron chi connectivity index (χ0n) is 10.7. The van der Waals surface area contributed by atoms with Crippen LogP contribution in [0.4, 0.5) is 4.39 Å². The Balaban J connectivity index is 2.32. The predicted molar refractivity (Wildman–Crippen MR) is 76.2 cm³/mol. The van der Waals surface area contributed by atoms with Gasteiger partial charge >= 0.3 is 0 Å². The SMILES string of the molecule is NC(=NO)C1CCCCN1C(=O)c1cc(F)ccc1Br. The van der Waals surface area contributed by atoms with E-state index in [-0.39, 0.29) is 17.3 Å². The first-order chi connectivity index (χ1) is 9.54. The molecule has 0 bridgehead atoms. The Kier molecular flexibility index (Phi) is 4.59. The fraction of sp³-hybridized carbons (Fsp3) is 0.385. The number of hydrogen-bond donors (Lipinski definition) is 2. The molecule has 2 rings (SSSR count). The van der Waals surface area contributed by atoms with Gasteiger partial charge in [-0.25, -0.2) is 4.39 Å². The fourth-order valence-corrected chi connectivity index (χ4v) is 2.78. The minimum absolute atomic E-state index is 0.00516. The number of nitrogens with zero attached hydrogens (tertiary/aromatic N) is 2. The summed E-state index contributed by atoms with van der Waals surface area (Å²) >= 11 is 3.25. The van der Waals surface area contributed by atoms with Crippen molar-refractivity contribution in [3.05, 3.63) is 34.1 Å². The maximum absolute atomic E-state index is 13.3. The van der Waals surface area contributed by atoms with Crippen LogP contribution >= 0.6 is 15.9 Å². The topological polar surface area (TPSA) is 78.9 Å². The number of likely N-dealkylation sites (tertiary alicyclic amines) is 1. The van der Waals surface area contributed by atoms with E-state index in [0.29, 0.717) is 17.4 Å². The third kappa shape index (κ3) is 2.92. The standard InChI is InChI=1S/C13H15BrFN3O2/c14-10-5-4-8(15)7-9(10)13(19)18-6-2-1-3-11(18)12(16)17-20/h4-5,7,11,20H,1-3,6H2,(H2,16,17). The lowest BCUT2D eigenvalue weighted by Gasteiger charge is -2.35. The Hall–Kier alpha value is -1.63. The van der Waals surface area contributed by atoms with Crippen LogP contribution in [0.25, 0.3) is 0 Å². The number of oxime groups is 1. The first kappa shape index (κ1) is 14.8. The summed E-state index contributed by atoms with van der Waals surface area (Å²) in [6, 6.07) is 3.50. The Labute approximate surface area is 124 Å². The van der Waals surface area contributed by atoms with Crippen molar-refractivity contribution in [2.75, 3.05) is 6.54 Å².